The lowest BCUT2D eigenvalue weighted by Gasteiger charge is -1.68. The highest BCUT2D eigenvalue weighted by Crippen LogP contribution is 1.73. The quantitative estimate of drug-likeness (QED) is 0.535. The molecule has 0 N–H and O–H groups in total. The first kappa shape index (κ1) is 7.52. The standard InChI is InChI=1S/C3H2N2OS.ClH/c6-3-5-4-1-2-7-3;/h1-2H;1H. The van der Waals surface area contributed by atoms with Crippen LogP contribution in [-0.2, 0) is 0 Å². The summed E-state index contributed by atoms with van der Waals surface area (Å²) in [5, 5.41) is 8.12. The Hall–Kier alpha value is -0.480. The minimum atomic E-state index is -0.248. The Balaban J connectivity index is 0.000000490. The Labute approximate surface area is 55.8 Å². The molecule has 0 aliphatic rings. The topological polar surface area (TPSA) is 42.9 Å². The monoisotopic (exact) mass is 150 g/mol. The van der Waals surface area contributed by atoms with Gasteiger partial charge in [0.15, 0.2) is 0 Å². The summed E-state index contributed by atoms with van der Waals surface area (Å²) in [6.45, 7) is 0. The zero-order valence-corrected chi connectivity index (χ0v) is 5.41. The van der Waals surface area contributed by atoms with Crippen LogP contribution in [0.15, 0.2) is 16.4 Å². The molecule has 8 heavy (non-hydrogen) atoms. The fourth-order valence-electron chi connectivity index (χ4n) is 0.220. The molecule has 1 heterocycles. The van der Waals surface area contributed by atoms with Crippen molar-refractivity contribution in [3.63, 3.8) is 0 Å². The summed E-state index contributed by atoms with van der Waals surface area (Å²) >= 11 is 1.04. The summed E-state index contributed by atoms with van der Waals surface area (Å²) < 4.78 is 0. The van der Waals surface area contributed by atoms with Gasteiger partial charge in [-0.25, -0.2) is 0 Å². The number of rotatable bonds is 0. The fraction of sp³-hybridized carbons (Fsp3) is 0. The molecule has 3 nitrogen and oxygen atoms in total. The van der Waals surface area contributed by atoms with E-state index in [9.17, 15) is 4.79 Å². The third-order valence-electron chi connectivity index (χ3n) is 0.436. The molecule has 0 aliphatic carbocycles. The summed E-state index contributed by atoms with van der Waals surface area (Å²) in [6, 6.07) is 0. The number of hydrogen-bond donors (Lipinski definition) is 0. The van der Waals surface area contributed by atoms with Gasteiger partial charge in [-0.2, -0.15) is 5.10 Å². The zero-order chi connectivity index (χ0) is 5.11. The summed E-state index contributed by atoms with van der Waals surface area (Å²) in [7, 11) is 0. The van der Waals surface area contributed by atoms with Crippen molar-refractivity contribution < 1.29 is 0 Å². The van der Waals surface area contributed by atoms with Gasteiger partial charge in [0.05, 0.1) is 6.20 Å². The molecule has 0 radical (unpaired) electrons. The molecule has 1 rings (SSSR count). The van der Waals surface area contributed by atoms with Gasteiger partial charge in [0, 0.05) is 5.38 Å². The van der Waals surface area contributed by atoms with Crippen LogP contribution in [-0.4, -0.2) is 10.2 Å². The third kappa shape index (κ3) is 1.99. The van der Waals surface area contributed by atoms with Gasteiger partial charge in [-0.3, -0.25) is 4.79 Å². The second-order valence-corrected chi connectivity index (χ2v) is 1.74. The minimum absolute atomic E-state index is 0. The second kappa shape index (κ2) is 3.51. The van der Waals surface area contributed by atoms with Crippen molar-refractivity contribution in [1.82, 2.24) is 10.2 Å². The highest BCUT2D eigenvalue weighted by atomic mass is 35.5. The van der Waals surface area contributed by atoms with Gasteiger partial charge in [-0.05, 0) is 0 Å². The molecule has 0 amide bonds. The van der Waals surface area contributed by atoms with E-state index in [-0.39, 0.29) is 17.3 Å². The lowest BCUT2D eigenvalue weighted by Crippen LogP contribution is -1.98. The van der Waals surface area contributed by atoms with Gasteiger partial charge >= 0.3 is 4.87 Å². The molecule has 0 fully saturated rings. The lowest BCUT2D eigenvalue weighted by molar-refractivity contribution is 1.02. The maximum atomic E-state index is 10.1. The van der Waals surface area contributed by atoms with Crippen LogP contribution in [0, 0.1) is 0 Å². The molecule has 0 saturated heterocycles. The average Bonchev–Trinajstić information content (AvgIpc) is 1.69. The first-order valence-corrected chi connectivity index (χ1v) is 2.54. The molecule has 5 heteroatoms. The Morgan fingerprint density at radius 2 is 2.38 bits per heavy atom. The first-order chi connectivity index (χ1) is 3.39. The molecule has 1 aromatic heterocycles. The maximum absolute atomic E-state index is 10.1. The zero-order valence-electron chi connectivity index (χ0n) is 3.77. The van der Waals surface area contributed by atoms with Crippen molar-refractivity contribution in [2.75, 3.05) is 0 Å². The van der Waals surface area contributed by atoms with E-state index in [1.165, 1.54) is 6.20 Å². The van der Waals surface area contributed by atoms with Crippen LogP contribution in [0.5, 0.6) is 0 Å². The normalized spacial score (nSPS) is 7.50. The van der Waals surface area contributed by atoms with Gasteiger partial charge < -0.3 is 0 Å². The van der Waals surface area contributed by atoms with E-state index in [0.717, 1.165) is 11.3 Å². The lowest BCUT2D eigenvalue weighted by atomic mass is 11.0. The minimum Gasteiger partial charge on any atom is -0.253 e. The Morgan fingerprint density at radius 3 is 2.62 bits per heavy atom. The van der Waals surface area contributed by atoms with Gasteiger partial charge in [0.2, 0.25) is 0 Å². The smallest absolute Gasteiger partial charge is 0.253 e. The Morgan fingerprint density at radius 1 is 1.62 bits per heavy atom. The fourth-order valence-corrected chi connectivity index (χ4v) is 0.546. The van der Waals surface area contributed by atoms with Gasteiger partial charge in [-0.1, -0.05) is 16.4 Å². The van der Waals surface area contributed by atoms with Gasteiger partial charge in [-0.15, -0.1) is 12.4 Å². The van der Waals surface area contributed by atoms with E-state index in [1.54, 1.807) is 5.38 Å². The van der Waals surface area contributed by atoms with Crippen molar-refractivity contribution in [3.05, 3.63) is 21.2 Å². The molecule has 0 unspecified atom stereocenters. The van der Waals surface area contributed by atoms with Gasteiger partial charge in [0.25, 0.3) is 0 Å². The van der Waals surface area contributed by atoms with Crippen LogP contribution >= 0.6 is 23.7 Å². The molecular weight excluding hydrogens is 148 g/mol. The van der Waals surface area contributed by atoms with Crippen molar-refractivity contribution in [2.24, 2.45) is 0 Å². The summed E-state index contributed by atoms with van der Waals surface area (Å²) in [5.74, 6) is 0. The van der Waals surface area contributed by atoms with E-state index in [1.807, 2.05) is 0 Å². The van der Waals surface area contributed by atoms with Crippen LogP contribution in [0.25, 0.3) is 0 Å². The predicted octanol–water partition coefficient (Wildman–Crippen LogP) is 0.320. The molecule has 0 spiro atoms. The molecule has 0 saturated carbocycles. The second-order valence-electron chi connectivity index (χ2n) is 0.884. The Kier molecular flexibility index (Phi) is 3.30. The highest BCUT2D eigenvalue weighted by Gasteiger charge is 1.74. The summed E-state index contributed by atoms with van der Waals surface area (Å²) in [6.07, 6.45) is 1.48. The van der Waals surface area contributed by atoms with Crippen molar-refractivity contribution in [1.29, 1.82) is 0 Å². The van der Waals surface area contributed by atoms with Gasteiger partial charge in [0.1, 0.15) is 0 Å². The van der Waals surface area contributed by atoms with E-state index >= 15 is 0 Å². The van der Waals surface area contributed by atoms with Crippen molar-refractivity contribution >= 4 is 23.7 Å². The van der Waals surface area contributed by atoms with Crippen molar-refractivity contribution in [2.45, 2.75) is 0 Å². The Bertz CT molecular complexity index is 183. The number of halogens is 1. The third-order valence-corrected chi connectivity index (χ3v) is 0.977. The first-order valence-electron chi connectivity index (χ1n) is 1.66. The molecule has 1 aromatic rings. The molecule has 0 bridgehead atoms. The summed E-state index contributed by atoms with van der Waals surface area (Å²) in [4.78, 5) is 9.87. The van der Waals surface area contributed by atoms with E-state index in [2.05, 4.69) is 10.2 Å². The SMILES string of the molecule is Cl.O=c1nnccs1. The molecule has 44 valence electrons. The van der Waals surface area contributed by atoms with Crippen LogP contribution in [0.3, 0.4) is 0 Å². The van der Waals surface area contributed by atoms with Crippen LogP contribution in [0.2, 0.25) is 0 Å². The van der Waals surface area contributed by atoms with Crippen LogP contribution in [0.1, 0.15) is 0 Å². The molecular formula is C3H3ClN2OS. The van der Waals surface area contributed by atoms with Crippen LogP contribution < -0.4 is 4.87 Å². The van der Waals surface area contributed by atoms with E-state index < -0.39 is 0 Å². The number of nitrogens with zero attached hydrogens (tertiary/aromatic N) is 2. The summed E-state index contributed by atoms with van der Waals surface area (Å²) in [5.41, 5.74) is 0. The molecule has 0 atom stereocenters. The maximum Gasteiger partial charge on any atom is 0.344 e. The molecule has 0 aromatic carbocycles. The molecule has 0 aliphatic heterocycles. The highest BCUT2D eigenvalue weighted by molar-refractivity contribution is 7.06. The van der Waals surface area contributed by atoms with Crippen LogP contribution in [0.4, 0.5) is 0 Å². The van der Waals surface area contributed by atoms with Crippen molar-refractivity contribution in [3.8, 4) is 0 Å². The number of hydrogen-bond acceptors (Lipinski definition) is 4. The van der Waals surface area contributed by atoms with E-state index in [0.29, 0.717) is 0 Å². The average molecular weight is 151 g/mol. The van der Waals surface area contributed by atoms with E-state index in [4.69, 9.17) is 0 Å². The largest absolute Gasteiger partial charge is 0.344 e. The number of aromatic nitrogens is 2. The predicted molar refractivity (Wildman–Crippen MR) is 33.4 cm³/mol.